The number of amides is 3. The predicted octanol–water partition coefficient (Wildman–Crippen LogP) is 2.69. The summed E-state index contributed by atoms with van der Waals surface area (Å²) in [5.41, 5.74) is 5.61. The molecule has 0 saturated heterocycles. The molecule has 0 aliphatic rings. The second-order valence-electron chi connectivity index (χ2n) is 4.72. The van der Waals surface area contributed by atoms with Gasteiger partial charge in [-0.15, -0.1) is 0 Å². The van der Waals surface area contributed by atoms with Gasteiger partial charge in [0, 0.05) is 24.5 Å². The van der Waals surface area contributed by atoms with Crippen LogP contribution in [0.2, 0.25) is 0 Å². The van der Waals surface area contributed by atoms with Crippen molar-refractivity contribution in [1.82, 2.24) is 4.98 Å². The molecule has 8 heteroatoms. The Morgan fingerprint density at radius 2 is 2.00 bits per heavy atom. The highest BCUT2D eigenvalue weighted by molar-refractivity contribution is 6.06. The second kappa shape index (κ2) is 7.30. The summed E-state index contributed by atoms with van der Waals surface area (Å²) in [5.74, 6) is -0.943. The number of H-pyrrole nitrogens is 1. The van der Waals surface area contributed by atoms with Gasteiger partial charge in [-0.25, -0.2) is 9.18 Å². The number of ether oxygens (including phenoxy) is 1. The van der Waals surface area contributed by atoms with Gasteiger partial charge in [0.05, 0.1) is 23.5 Å². The van der Waals surface area contributed by atoms with E-state index < -0.39 is 17.8 Å². The minimum absolute atomic E-state index is 0.0512. The fraction of sp³-hybridized carbons (Fsp3) is 0.200. The van der Waals surface area contributed by atoms with E-state index in [1.165, 1.54) is 6.20 Å². The van der Waals surface area contributed by atoms with Crippen LogP contribution >= 0.6 is 0 Å². The van der Waals surface area contributed by atoms with Gasteiger partial charge in [0.25, 0.3) is 5.91 Å². The molecule has 1 heterocycles. The summed E-state index contributed by atoms with van der Waals surface area (Å²) in [4.78, 5) is 25.9. The van der Waals surface area contributed by atoms with Gasteiger partial charge in [-0.05, 0) is 12.5 Å². The number of primary amides is 1. The van der Waals surface area contributed by atoms with Gasteiger partial charge in [-0.3, -0.25) is 4.79 Å². The van der Waals surface area contributed by atoms with E-state index in [4.69, 9.17) is 10.5 Å². The Morgan fingerprint density at radius 1 is 1.30 bits per heavy atom. The van der Waals surface area contributed by atoms with E-state index in [0.717, 1.165) is 12.1 Å². The van der Waals surface area contributed by atoms with E-state index in [9.17, 15) is 14.0 Å². The summed E-state index contributed by atoms with van der Waals surface area (Å²) in [6.07, 6.45) is 3.79. The molecule has 0 bridgehead atoms. The van der Waals surface area contributed by atoms with Crippen LogP contribution in [0.25, 0.3) is 0 Å². The molecule has 0 saturated carbocycles. The van der Waals surface area contributed by atoms with Gasteiger partial charge in [-0.2, -0.15) is 0 Å². The van der Waals surface area contributed by atoms with Crippen molar-refractivity contribution in [3.63, 3.8) is 0 Å². The topological polar surface area (TPSA) is 109 Å². The third-order valence-electron chi connectivity index (χ3n) is 2.87. The number of hydrogen-bond acceptors (Lipinski definition) is 3. The lowest BCUT2D eigenvalue weighted by Gasteiger charge is -2.16. The molecule has 23 heavy (non-hydrogen) atoms. The summed E-state index contributed by atoms with van der Waals surface area (Å²) in [6.45, 7) is 2.22. The van der Waals surface area contributed by atoms with Crippen LogP contribution in [0, 0.1) is 5.82 Å². The van der Waals surface area contributed by atoms with E-state index in [0.29, 0.717) is 18.6 Å². The number of urea groups is 1. The summed E-state index contributed by atoms with van der Waals surface area (Å²) in [5, 5.41) is 4.85. The van der Waals surface area contributed by atoms with Crippen molar-refractivity contribution in [1.29, 1.82) is 0 Å². The van der Waals surface area contributed by atoms with Crippen molar-refractivity contribution in [2.45, 2.75) is 13.3 Å². The van der Waals surface area contributed by atoms with E-state index >= 15 is 0 Å². The first kappa shape index (κ1) is 16.3. The molecular formula is C15H17FN4O3. The van der Waals surface area contributed by atoms with E-state index in [1.54, 1.807) is 12.3 Å². The fourth-order valence-electron chi connectivity index (χ4n) is 1.93. The predicted molar refractivity (Wildman–Crippen MR) is 84.1 cm³/mol. The largest absolute Gasteiger partial charge is 0.489 e. The lowest BCUT2D eigenvalue weighted by molar-refractivity contribution is 0.102. The normalized spacial score (nSPS) is 10.2. The highest BCUT2D eigenvalue weighted by atomic mass is 19.1. The zero-order valence-corrected chi connectivity index (χ0v) is 12.5. The minimum Gasteiger partial charge on any atom is -0.489 e. The van der Waals surface area contributed by atoms with Crippen molar-refractivity contribution in [3.05, 3.63) is 42.0 Å². The highest BCUT2D eigenvalue weighted by Gasteiger charge is 2.17. The van der Waals surface area contributed by atoms with Crippen LogP contribution in [-0.4, -0.2) is 23.5 Å². The quantitative estimate of drug-likeness (QED) is 0.657. The SMILES string of the molecule is CCCOc1c(NC(N)=O)cc(F)cc1NC(=O)c1cc[nH]c1. The highest BCUT2D eigenvalue weighted by Crippen LogP contribution is 2.35. The van der Waals surface area contributed by atoms with Crippen LogP contribution in [0.5, 0.6) is 5.75 Å². The van der Waals surface area contributed by atoms with Gasteiger partial charge < -0.3 is 26.1 Å². The third-order valence-corrected chi connectivity index (χ3v) is 2.87. The number of carbonyl (C=O) groups excluding carboxylic acids is 2. The Hall–Kier alpha value is -3.03. The molecule has 1 aromatic carbocycles. The number of aromatic nitrogens is 1. The van der Waals surface area contributed by atoms with Gasteiger partial charge in [0.1, 0.15) is 5.82 Å². The first-order valence-corrected chi connectivity index (χ1v) is 6.98. The first-order chi connectivity index (χ1) is 11.0. The summed E-state index contributed by atoms with van der Waals surface area (Å²) in [6, 6.07) is 2.90. The second-order valence-corrected chi connectivity index (χ2v) is 4.72. The molecule has 122 valence electrons. The maximum absolute atomic E-state index is 13.8. The molecule has 0 atom stereocenters. The molecule has 0 fully saturated rings. The molecule has 1 aromatic heterocycles. The molecule has 0 aliphatic heterocycles. The lowest BCUT2D eigenvalue weighted by Crippen LogP contribution is -2.21. The van der Waals surface area contributed by atoms with Crippen LogP contribution < -0.4 is 21.1 Å². The number of aromatic amines is 1. The fourth-order valence-corrected chi connectivity index (χ4v) is 1.93. The molecule has 0 aliphatic carbocycles. The van der Waals surface area contributed by atoms with Crippen molar-refractivity contribution in [2.24, 2.45) is 5.73 Å². The van der Waals surface area contributed by atoms with Crippen LogP contribution in [0.15, 0.2) is 30.6 Å². The maximum Gasteiger partial charge on any atom is 0.316 e. The monoisotopic (exact) mass is 320 g/mol. The molecule has 2 aromatic rings. The Labute approximate surface area is 132 Å². The molecule has 7 nitrogen and oxygen atoms in total. The number of nitrogens with two attached hydrogens (primary N) is 1. The molecule has 0 unspecified atom stereocenters. The van der Waals surface area contributed by atoms with Crippen LogP contribution in [0.4, 0.5) is 20.6 Å². The van der Waals surface area contributed by atoms with E-state index in [1.807, 2.05) is 6.92 Å². The molecule has 3 amide bonds. The van der Waals surface area contributed by atoms with Crippen LogP contribution in [0.3, 0.4) is 0 Å². The number of hydrogen-bond donors (Lipinski definition) is 4. The first-order valence-electron chi connectivity index (χ1n) is 6.98. The lowest BCUT2D eigenvalue weighted by atomic mass is 10.2. The summed E-state index contributed by atoms with van der Waals surface area (Å²) in [7, 11) is 0. The molecular weight excluding hydrogens is 303 g/mol. The van der Waals surface area contributed by atoms with Gasteiger partial charge in [0.15, 0.2) is 5.75 Å². The molecule has 0 radical (unpaired) electrons. The number of halogens is 1. The smallest absolute Gasteiger partial charge is 0.316 e. The number of nitrogens with one attached hydrogen (secondary N) is 3. The number of benzene rings is 1. The molecule has 5 N–H and O–H groups in total. The van der Waals surface area contributed by atoms with Gasteiger partial charge in [0.2, 0.25) is 0 Å². The zero-order valence-electron chi connectivity index (χ0n) is 12.5. The average molecular weight is 320 g/mol. The van der Waals surface area contributed by atoms with E-state index in [-0.39, 0.29) is 17.1 Å². The number of carbonyl (C=O) groups is 2. The van der Waals surface area contributed by atoms with Gasteiger partial charge in [-0.1, -0.05) is 6.92 Å². The zero-order chi connectivity index (χ0) is 16.8. The maximum atomic E-state index is 13.8. The van der Waals surface area contributed by atoms with Gasteiger partial charge >= 0.3 is 6.03 Å². The number of rotatable bonds is 6. The summed E-state index contributed by atoms with van der Waals surface area (Å²) < 4.78 is 19.3. The Balaban J connectivity index is 2.36. The van der Waals surface area contributed by atoms with Crippen molar-refractivity contribution < 1.29 is 18.7 Å². The molecule has 2 rings (SSSR count). The van der Waals surface area contributed by atoms with E-state index in [2.05, 4.69) is 15.6 Å². The Bertz CT molecular complexity index is 701. The standard InChI is InChI=1S/C15H17FN4O3/c1-2-5-23-13-11(19-14(21)9-3-4-18-8-9)6-10(16)7-12(13)20-15(17)22/h3-4,6-8,18H,2,5H2,1H3,(H,19,21)(H3,17,20,22). The molecule has 0 spiro atoms. The van der Waals surface area contributed by atoms with Crippen LogP contribution in [-0.2, 0) is 0 Å². The van der Waals surface area contributed by atoms with Crippen molar-refractivity contribution >= 4 is 23.3 Å². The minimum atomic E-state index is -0.861. The van der Waals surface area contributed by atoms with Crippen LogP contribution in [0.1, 0.15) is 23.7 Å². The summed E-state index contributed by atoms with van der Waals surface area (Å²) >= 11 is 0. The number of anilines is 2. The Morgan fingerprint density at radius 3 is 2.57 bits per heavy atom. The average Bonchev–Trinajstić information content (AvgIpc) is 3.00. The van der Waals surface area contributed by atoms with Crippen molar-refractivity contribution in [2.75, 3.05) is 17.2 Å². The Kier molecular flexibility index (Phi) is 5.19. The third kappa shape index (κ3) is 4.22. The van der Waals surface area contributed by atoms with Crippen molar-refractivity contribution in [3.8, 4) is 5.75 Å².